The SMILES string of the molecule is c1ccc(N(c2ccccc2)c2cccc(-c3ccc4c(ccc5ccc6cc7oc8ccccc8c7cc6c54)c3)c2)cc1. The fourth-order valence-corrected chi connectivity index (χ4v) is 6.71. The molecule has 0 aliphatic carbocycles. The van der Waals surface area contributed by atoms with Crippen LogP contribution in [0.5, 0.6) is 0 Å². The van der Waals surface area contributed by atoms with Crippen molar-refractivity contribution in [1.29, 1.82) is 0 Å². The minimum absolute atomic E-state index is 0.928. The predicted octanol–water partition coefficient (Wildman–Crippen LogP) is 12.2. The fourth-order valence-electron chi connectivity index (χ4n) is 6.71. The molecule has 0 atom stereocenters. The number of nitrogens with zero attached hydrogens (tertiary/aromatic N) is 1. The lowest BCUT2D eigenvalue weighted by Gasteiger charge is -2.26. The van der Waals surface area contributed by atoms with Gasteiger partial charge in [-0.05, 0) is 104 Å². The number of para-hydroxylation sites is 3. The van der Waals surface area contributed by atoms with Gasteiger partial charge in [-0.1, -0.05) is 103 Å². The van der Waals surface area contributed by atoms with Gasteiger partial charge in [0.15, 0.2) is 0 Å². The number of benzene rings is 8. The smallest absolute Gasteiger partial charge is 0.136 e. The zero-order chi connectivity index (χ0) is 29.0. The van der Waals surface area contributed by atoms with Gasteiger partial charge in [0.25, 0.3) is 0 Å². The van der Waals surface area contributed by atoms with Crippen molar-refractivity contribution in [2.45, 2.75) is 0 Å². The molecule has 206 valence electrons. The zero-order valence-electron chi connectivity index (χ0n) is 23.9. The van der Waals surface area contributed by atoms with Gasteiger partial charge in [-0.3, -0.25) is 0 Å². The summed E-state index contributed by atoms with van der Waals surface area (Å²) in [6.07, 6.45) is 0. The van der Waals surface area contributed by atoms with E-state index in [0.29, 0.717) is 0 Å². The van der Waals surface area contributed by atoms with Crippen molar-refractivity contribution in [3.63, 3.8) is 0 Å². The summed E-state index contributed by atoms with van der Waals surface area (Å²) in [6.45, 7) is 0. The number of anilines is 3. The second-order valence-electron chi connectivity index (χ2n) is 11.4. The first-order valence-corrected chi connectivity index (χ1v) is 15.0. The van der Waals surface area contributed by atoms with Gasteiger partial charge in [0, 0.05) is 27.8 Å². The fraction of sp³-hybridized carbons (Fsp3) is 0. The highest BCUT2D eigenvalue weighted by Crippen LogP contribution is 2.40. The van der Waals surface area contributed by atoms with E-state index in [2.05, 4.69) is 157 Å². The van der Waals surface area contributed by atoms with Crippen molar-refractivity contribution in [3.8, 4) is 11.1 Å². The molecule has 2 nitrogen and oxygen atoms in total. The van der Waals surface area contributed by atoms with E-state index in [9.17, 15) is 0 Å². The van der Waals surface area contributed by atoms with Gasteiger partial charge in [-0.25, -0.2) is 0 Å². The minimum Gasteiger partial charge on any atom is -0.456 e. The van der Waals surface area contributed by atoms with Gasteiger partial charge in [0.1, 0.15) is 11.2 Å². The van der Waals surface area contributed by atoms with Crippen LogP contribution in [0.25, 0.3) is 65.4 Å². The number of hydrogen-bond donors (Lipinski definition) is 0. The van der Waals surface area contributed by atoms with Crippen molar-refractivity contribution < 1.29 is 4.42 Å². The van der Waals surface area contributed by atoms with E-state index in [1.807, 2.05) is 12.1 Å². The van der Waals surface area contributed by atoms with E-state index in [4.69, 9.17) is 4.42 Å². The van der Waals surface area contributed by atoms with E-state index in [0.717, 1.165) is 39.0 Å². The number of rotatable bonds is 4. The van der Waals surface area contributed by atoms with Crippen molar-refractivity contribution in [2.24, 2.45) is 0 Å². The Kier molecular flexibility index (Phi) is 5.54. The average Bonchev–Trinajstić information content (AvgIpc) is 3.45. The molecule has 2 heteroatoms. The molecule has 0 aliphatic heterocycles. The molecule has 1 aromatic heterocycles. The molecule has 0 fully saturated rings. The van der Waals surface area contributed by atoms with Crippen LogP contribution in [-0.2, 0) is 0 Å². The van der Waals surface area contributed by atoms with Crippen LogP contribution in [0.15, 0.2) is 168 Å². The van der Waals surface area contributed by atoms with Crippen LogP contribution in [0, 0.1) is 0 Å². The lowest BCUT2D eigenvalue weighted by Crippen LogP contribution is -2.09. The van der Waals surface area contributed by atoms with Gasteiger partial charge in [-0.15, -0.1) is 0 Å². The van der Waals surface area contributed by atoms with Crippen molar-refractivity contribution in [1.82, 2.24) is 0 Å². The molecule has 0 unspecified atom stereocenters. The molecule has 0 aliphatic rings. The normalized spacial score (nSPS) is 11.6. The summed E-state index contributed by atoms with van der Waals surface area (Å²) in [4.78, 5) is 2.31. The Morgan fingerprint density at radius 3 is 1.75 bits per heavy atom. The number of furan rings is 1. The lowest BCUT2D eigenvalue weighted by molar-refractivity contribution is 0.669. The van der Waals surface area contributed by atoms with Gasteiger partial charge in [-0.2, -0.15) is 0 Å². The third-order valence-corrected chi connectivity index (χ3v) is 8.78. The second-order valence-corrected chi connectivity index (χ2v) is 11.4. The molecule has 0 saturated heterocycles. The molecule has 8 aromatic carbocycles. The largest absolute Gasteiger partial charge is 0.456 e. The van der Waals surface area contributed by atoms with Crippen LogP contribution in [0.4, 0.5) is 17.1 Å². The van der Waals surface area contributed by atoms with E-state index in [-0.39, 0.29) is 0 Å². The topological polar surface area (TPSA) is 16.4 Å². The monoisotopic (exact) mass is 561 g/mol. The Balaban J connectivity index is 1.20. The Labute approximate surface area is 255 Å². The third-order valence-electron chi connectivity index (χ3n) is 8.78. The molecular formula is C42H27NO. The summed E-state index contributed by atoms with van der Waals surface area (Å²) in [6, 6.07) is 58.6. The van der Waals surface area contributed by atoms with Crippen LogP contribution >= 0.6 is 0 Å². The van der Waals surface area contributed by atoms with Gasteiger partial charge in [0.05, 0.1) is 0 Å². The summed E-state index contributed by atoms with van der Waals surface area (Å²) >= 11 is 0. The Morgan fingerprint density at radius 2 is 0.977 bits per heavy atom. The molecule has 9 rings (SSSR count). The maximum absolute atomic E-state index is 6.20. The molecule has 1 heterocycles. The first-order valence-electron chi connectivity index (χ1n) is 15.0. The highest BCUT2D eigenvalue weighted by molar-refractivity contribution is 6.23. The van der Waals surface area contributed by atoms with Crippen molar-refractivity contribution >= 4 is 71.3 Å². The van der Waals surface area contributed by atoms with Gasteiger partial charge < -0.3 is 9.32 Å². The first kappa shape index (κ1) is 24.7. The standard InChI is InChI=1S/C42H27NO/c1-3-11-33(12-4-1)43(34-13-5-2-6-14-34)35-15-9-10-29(25-35)30-22-23-36-31(24-30)20-18-28-19-21-32-26-41-39(27-38(32)42(28)36)37-16-7-8-17-40(37)44-41/h1-27H. The van der Waals surface area contributed by atoms with Crippen LogP contribution in [0.2, 0.25) is 0 Å². The van der Waals surface area contributed by atoms with Crippen molar-refractivity contribution in [3.05, 3.63) is 164 Å². The predicted molar refractivity (Wildman–Crippen MR) is 186 cm³/mol. The zero-order valence-corrected chi connectivity index (χ0v) is 23.9. The average molecular weight is 562 g/mol. The summed E-state index contributed by atoms with van der Waals surface area (Å²) in [5, 5.41) is 9.78. The molecule has 0 spiro atoms. The van der Waals surface area contributed by atoms with Gasteiger partial charge >= 0.3 is 0 Å². The molecule has 9 aromatic rings. The maximum atomic E-state index is 6.20. The number of fused-ring (bicyclic) bond motifs is 8. The van der Waals surface area contributed by atoms with Crippen LogP contribution in [0.3, 0.4) is 0 Å². The Hall–Kier alpha value is -5.86. The summed E-state index contributed by atoms with van der Waals surface area (Å²) in [5.41, 5.74) is 7.63. The molecule has 0 N–H and O–H groups in total. The second kappa shape index (κ2) is 9.86. The first-order chi connectivity index (χ1) is 21.8. The summed E-state index contributed by atoms with van der Waals surface area (Å²) < 4.78 is 6.20. The molecule has 0 radical (unpaired) electrons. The Bertz CT molecular complexity index is 2450. The maximum Gasteiger partial charge on any atom is 0.136 e. The highest BCUT2D eigenvalue weighted by Gasteiger charge is 2.14. The molecule has 0 saturated carbocycles. The van der Waals surface area contributed by atoms with E-state index in [1.54, 1.807) is 0 Å². The molecule has 0 bridgehead atoms. The summed E-state index contributed by atoms with van der Waals surface area (Å²) in [7, 11) is 0. The quantitative estimate of drug-likeness (QED) is 0.199. The Morgan fingerprint density at radius 1 is 0.341 bits per heavy atom. The van der Waals surface area contributed by atoms with Crippen molar-refractivity contribution in [2.75, 3.05) is 4.90 Å². The molecule has 0 amide bonds. The molecule has 44 heavy (non-hydrogen) atoms. The summed E-state index contributed by atoms with van der Waals surface area (Å²) in [5.74, 6) is 0. The number of hydrogen-bond acceptors (Lipinski definition) is 2. The van der Waals surface area contributed by atoms with Crippen LogP contribution in [-0.4, -0.2) is 0 Å². The van der Waals surface area contributed by atoms with E-state index < -0.39 is 0 Å². The van der Waals surface area contributed by atoms with Crippen LogP contribution in [0.1, 0.15) is 0 Å². The van der Waals surface area contributed by atoms with Gasteiger partial charge in [0.2, 0.25) is 0 Å². The van der Waals surface area contributed by atoms with E-state index >= 15 is 0 Å². The van der Waals surface area contributed by atoms with E-state index in [1.165, 1.54) is 43.4 Å². The third kappa shape index (κ3) is 3.96. The lowest BCUT2D eigenvalue weighted by atomic mass is 9.93. The highest BCUT2D eigenvalue weighted by atomic mass is 16.3. The minimum atomic E-state index is 0.928. The molecular weight excluding hydrogens is 534 g/mol. The van der Waals surface area contributed by atoms with Crippen LogP contribution < -0.4 is 4.90 Å².